The van der Waals surface area contributed by atoms with Gasteiger partial charge in [0.15, 0.2) is 6.61 Å². The van der Waals surface area contributed by atoms with E-state index in [1.54, 1.807) is 24.3 Å². The summed E-state index contributed by atoms with van der Waals surface area (Å²) in [7, 11) is 0. The van der Waals surface area contributed by atoms with Crippen LogP contribution in [0.4, 0.5) is 5.69 Å². The van der Waals surface area contributed by atoms with E-state index in [9.17, 15) is 4.79 Å². The molecule has 0 saturated carbocycles. The molecule has 5 heteroatoms. The second-order valence-electron chi connectivity index (χ2n) is 4.23. The summed E-state index contributed by atoms with van der Waals surface area (Å²) in [6, 6.07) is 12.6. The van der Waals surface area contributed by atoms with Crippen molar-refractivity contribution in [3.8, 4) is 5.75 Å². The first-order chi connectivity index (χ1) is 9.56. The van der Waals surface area contributed by atoms with Crippen molar-refractivity contribution in [3.05, 3.63) is 57.5 Å². The number of halogens is 2. The molecule has 0 atom stereocenters. The topological polar surface area (TPSA) is 38.3 Å². The molecule has 1 N–H and O–H groups in total. The van der Waals surface area contributed by atoms with Gasteiger partial charge in [0.2, 0.25) is 0 Å². The van der Waals surface area contributed by atoms with Gasteiger partial charge in [-0.1, -0.05) is 29.8 Å². The summed E-state index contributed by atoms with van der Waals surface area (Å²) in [5.41, 5.74) is 1.78. The Labute approximate surface area is 131 Å². The van der Waals surface area contributed by atoms with Gasteiger partial charge in [-0.25, -0.2) is 0 Å². The van der Waals surface area contributed by atoms with E-state index < -0.39 is 0 Å². The molecule has 0 bridgehead atoms. The third-order valence-electron chi connectivity index (χ3n) is 2.63. The van der Waals surface area contributed by atoms with Gasteiger partial charge in [0, 0.05) is 9.50 Å². The Morgan fingerprint density at radius 2 is 2.05 bits per heavy atom. The van der Waals surface area contributed by atoms with Crippen molar-refractivity contribution in [3.63, 3.8) is 0 Å². The summed E-state index contributed by atoms with van der Waals surface area (Å²) in [6.45, 7) is 1.89. The van der Waals surface area contributed by atoms with E-state index >= 15 is 0 Å². The minimum absolute atomic E-state index is 0.0687. The monoisotopic (exact) mass is 353 g/mol. The molecule has 0 heterocycles. The highest BCUT2D eigenvalue weighted by Gasteiger charge is 2.07. The van der Waals surface area contributed by atoms with Crippen LogP contribution in [-0.4, -0.2) is 12.5 Å². The number of hydrogen-bond acceptors (Lipinski definition) is 2. The standard InChI is InChI=1S/C15H13BrClNO2/c1-10-4-2-7-13(15(10)16)18-14(19)9-20-12-6-3-5-11(17)8-12/h2-8H,9H2,1H3,(H,18,19). The minimum atomic E-state index is -0.226. The van der Waals surface area contributed by atoms with Crippen molar-refractivity contribution in [1.82, 2.24) is 0 Å². The molecule has 0 aliphatic carbocycles. The van der Waals surface area contributed by atoms with E-state index in [0.717, 1.165) is 15.7 Å². The van der Waals surface area contributed by atoms with E-state index in [1.807, 2.05) is 25.1 Å². The first-order valence-electron chi connectivity index (χ1n) is 5.99. The predicted octanol–water partition coefficient (Wildman–Crippen LogP) is 4.43. The second kappa shape index (κ2) is 6.77. The molecule has 2 rings (SSSR count). The fourth-order valence-corrected chi connectivity index (χ4v) is 2.18. The number of ether oxygens (including phenoxy) is 1. The molecule has 0 aliphatic heterocycles. The summed E-state index contributed by atoms with van der Waals surface area (Å²) in [6.07, 6.45) is 0. The summed E-state index contributed by atoms with van der Waals surface area (Å²) in [4.78, 5) is 11.8. The van der Waals surface area contributed by atoms with Crippen LogP contribution in [0.5, 0.6) is 5.75 Å². The third-order valence-corrected chi connectivity index (χ3v) is 3.92. The van der Waals surface area contributed by atoms with Crippen molar-refractivity contribution in [1.29, 1.82) is 0 Å². The number of benzene rings is 2. The van der Waals surface area contributed by atoms with Gasteiger partial charge in [-0.3, -0.25) is 4.79 Å². The lowest BCUT2D eigenvalue weighted by Gasteiger charge is -2.10. The number of aryl methyl sites for hydroxylation is 1. The van der Waals surface area contributed by atoms with Crippen LogP contribution >= 0.6 is 27.5 Å². The van der Waals surface area contributed by atoms with E-state index in [-0.39, 0.29) is 12.5 Å². The van der Waals surface area contributed by atoms with Gasteiger partial charge < -0.3 is 10.1 Å². The van der Waals surface area contributed by atoms with E-state index in [1.165, 1.54) is 0 Å². The van der Waals surface area contributed by atoms with Gasteiger partial charge in [0.25, 0.3) is 5.91 Å². The average Bonchev–Trinajstić information content (AvgIpc) is 2.42. The first-order valence-corrected chi connectivity index (χ1v) is 7.16. The highest BCUT2D eigenvalue weighted by Crippen LogP contribution is 2.25. The molecule has 0 spiro atoms. The average molecular weight is 355 g/mol. The SMILES string of the molecule is Cc1cccc(NC(=O)COc2cccc(Cl)c2)c1Br. The zero-order chi connectivity index (χ0) is 14.5. The quantitative estimate of drug-likeness (QED) is 0.882. The molecule has 0 saturated heterocycles. The Morgan fingerprint density at radius 1 is 1.30 bits per heavy atom. The van der Waals surface area contributed by atoms with Gasteiger partial charge >= 0.3 is 0 Å². The maximum atomic E-state index is 11.8. The van der Waals surface area contributed by atoms with Gasteiger partial charge in [-0.15, -0.1) is 0 Å². The molecule has 0 unspecified atom stereocenters. The van der Waals surface area contributed by atoms with E-state index in [4.69, 9.17) is 16.3 Å². The maximum absolute atomic E-state index is 11.8. The molecule has 20 heavy (non-hydrogen) atoms. The molecular formula is C15H13BrClNO2. The number of nitrogens with one attached hydrogen (secondary N) is 1. The molecule has 2 aromatic rings. The maximum Gasteiger partial charge on any atom is 0.262 e. The van der Waals surface area contributed by atoms with Crippen molar-refractivity contribution >= 4 is 39.1 Å². The van der Waals surface area contributed by atoms with Gasteiger partial charge in [0.05, 0.1) is 5.69 Å². The Balaban J connectivity index is 1.94. The van der Waals surface area contributed by atoms with Crippen LogP contribution in [0.2, 0.25) is 5.02 Å². The highest BCUT2D eigenvalue weighted by atomic mass is 79.9. The number of carbonyl (C=O) groups excluding carboxylic acids is 1. The molecule has 104 valence electrons. The lowest BCUT2D eigenvalue weighted by Crippen LogP contribution is -2.20. The second-order valence-corrected chi connectivity index (χ2v) is 5.46. The van der Waals surface area contributed by atoms with Crippen LogP contribution in [0.1, 0.15) is 5.56 Å². The predicted molar refractivity (Wildman–Crippen MR) is 84.5 cm³/mol. The van der Waals surface area contributed by atoms with Crippen LogP contribution in [-0.2, 0) is 4.79 Å². The fraction of sp³-hybridized carbons (Fsp3) is 0.133. The number of anilines is 1. The van der Waals surface area contributed by atoms with Gasteiger partial charge in [-0.05, 0) is 52.7 Å². The lowest BCUT2D eigenvalue weighted by atomic mass is 10.2. The number of amides is 1. The van der Waals surface area contributed by atoms with Crippen LogP contribution in [0.3, 0.4) is 0 Å². The molecule has 0 radical (unpaired) electrons. The van der Waals surface area contributed by atoms with Crippen LogP contribution in [0, 0.1) is 6.92 Å². The first kappa shape index (κ1) is 14.9. The Bertz CT molecular complexity index is 631. The number of hydrogen-bond donors (Lipinski definition) is 1. The number of carbonyl (C=O) groups is 1. The highest BCUT2D eigenvalue weighted by molar-refractivity contribution is 9.10. The lowest BCUT2D eigenvalue weighted by molar-refractivity contribution is -0.118. The molecule has 0 fully saturated rings. The van der Waals surface area contributed by atoms with Crippen LogP contribution < -0.4 is 10.1 Å². The third kappa shape index (κ3) is 3.99. The molecule has 2 aromatic carbocycles. The van der Waals surface area contributed by atoms with Gasteiger partial charge in [0.1, 0.15) is 5.75 Å². The van der Waals surface area contributed by atoms with Crippen LogP contribution in [0.15, 0.2) is 46.9 Å². The molecule has 0 aromatic heterocycles. The smallest absolute Gasteiger partial charge is 0.262 e. The largest absolute Gasteiger partial charge is 0.484 e. The van der Waals surface area contributed by atoms with Crippen molar-refractivity contribution in [2.45, 2.75) is 6.92 Å². The summed E-state index contributed by atoms with van der Waals surface area (Å²) >= 11 is 9.28. The van der Waals surface area contributed by atoms with E-state index in [2.05, 4.69) is 21.2 Å². The minimum Gasteiger partial charge on any atom is -0.484 e. The van der Waals surface area contributed by atoms with Gasteiger partial charge in [-0.2, -0.15) is 0 Å². The molecule has 3 nitrogen and oxygen atoms in total. The Kier molecular flexibility index (Phi) is 5.04. The molecule has 0 aliphatic rings. The van der Waals surface area contributed by atoms with Crippen molar-refractivity contribution in [2.24, 2.45) is 0 Å². The van der Waals surface area contributed by atoms with Crippen molar-refractivity contribution < 1.29 is 9.53 Å². The van der Waals surface area contributed by atoms with Crippen molar-refractivity contribution in [2.75, 3.05) is 11.9 Å². The Hall–Kier alpha value is -1.52. The Morgan fingerprint density at radius 3 is 2.80 bits per heavy atom. The molecular weight excluding hydrogens is 342 g/mol. The zero-order valence-corrected chi connectivity index (χ0v) is 13.2. The zero-order valence-electron chi connectivity index (χ0n) is 10.8. The number of rotatable bonds is 4. The normalized spacial score (nSPS) is 10.2. The summed E-state index contributed by atoms with van der Waals surface area (Å²) < 4.78 is 6.25. The fourth-order valence-electron chi connectivity index (χ4n) is 1.64. The summed E-state index contributed by atoms with van der Waals surface area (Å²) in [5, 5.41) is 3.37. The summed E-state index contributed by atoms with van der Waals surface area (Å²) in [5.74, 6) is 0.340. The van der Waals surface area contributed by atoms with Crippen LogP contribution in [0.25, 0.3) is 0 Å². The van der Waals surface area contributed by atoms with E-state index in [0.29, 0.717) is 10.8 Å². The molecule has 1 amide bonds.